The summed E-state index contributed by atoms with van der Waals surface area (Å²) in [6, 6.07) is 9.77. The van der Waals surface area contributed by atoms with Crippen molar-refractivity contribution in [3.63, 3.8) is 0 Å². The number of benzene rings is 1. The van der Waals surface area contributed by atoms with Crippen LogP contribution in [0.3, 0.4) is 0 Å². The van der Waals surface area contributed by atoms with Crippen LogP contribution < -0.4 is 0 Å². The van der Waals surface area contributed by atoms with E-state index < -0.39 is 6.09 Å². The van der Waals surface area contributed by atoms with Crippen LogP contribution in [0.1, 0.15) is 32.8 Å². The van der Waals surface area contributed by atoms with E-state index in [0.29, 0.717) is 19.4 Å². The lowest BCUT2D eigenvalue weighted by Gasteiger charge is -2.26. The Morgan fingerprint density at radius 1 is 1.33 bits per heavy atom. The summed E-state index contributed by atoms with van der Waals surface area (Å²) < 4.78 is 5.07. The van der Waals surface area contributed by atoms with Gasteiger partial charge >= 0.3 is 6.09 Å². The summed E-state index contributed by atoms with van der Waals surface area (Å²) in [6.07, 6.45) is 0.873. The Bertz CT molecular complexity index is 498. The maximum atomic E-state index is 12.7. The van der Waals surface area contributed by atoms with E-state index >= 15 is 0 Å². The van der Waals surface area contributed by atoms with E-state index in [1.807, 2.05) is 51.1 Å². The Morgan fingerprint density at radius 2 is 2.00 bits per heavy atom. The van der Waals surface area contributed by atoms with E-state index in [-0.39, 0.29) is 23.8 Å². The van der Waals surface area contributed by atoms with Gasteiger partial charge in [0, 0.05) is 5.92 Å². The summed E-state index contributed by atoms with van der Waals surface area (Å²) in [6.45, 7) is 6.30. The van der Waals surface area contributed by atoms with Gasteiger partial charge in [-0.05, 0) is 24.3 Å². The largest absolute Gasteiger partial charge is 0.447 e. The quantitative estimate of drug-likeness (QED) is 0.836. The average Bonchev–Trinajstić information content (AvgIpc) is 2.87. The van der Waals surface area contributed by atoms with Crippen molar-refractivity contribution in [2.75, 3.05) is 6.61 Å². The Morgan fingerprint density at radius 3 is 2.57 bits per heavy atom. The van der Waals surface area contributed by atoms with Crippen LogP contribution in [0.4, 0.5) is 4.79 Å². The molecule has 0 radical (unpaired) electrons. The maximum Gasteiger partial charge on any atom is 0.416 e. The monoisotopic (exact) mass is 289 g/mol. The number of hydrogen-bond acceptors (Lipinski definition) is 3. The van der Waals surface area contributed by atoms with Gasteiger partial charge in [0.05, 0.1) is 6.04 Å². The molecule has 0 saturated carbocycles. The van der Waals surface area contributed by atoms with E-state index in [4.69, 9.17) is 4.74 Å². The minimum Gasteiger partial charge on any atom is -0.447 e. The number of ether oxygens (including phenoxy) is 1. The molecule has 0 unspecified atom stereocenters. The SMILES string of the molecule is CC[C@@H](Cc1ccccc1)C(=O)N1C(=O)OC[C@@H]1C(C)C. The molecule has 1 aromatic rings. The number of cyclic esters (lactones) is 1. The lowest BCUT2D eigenvalue weighted by Crippen LogP contribution is -2.45. The number of rotatable bonds is 5. The molecule has 1 aliphatic heterocycles. The Kier molecular flexibility index (Phi) is 4.99. The first-order valence-corrected chi connectivity index (χ1v) is 7.58. The lowest BCUT2D eigenvalue weighted by atomic mass is 9.94. The summed E-state index contributed by atoms with van der Waals surface area (Å²) in [4.78, 5) is 26.0. The highest BCUT2D eigenvalue weighted by molar-refractivity contribution is 5.94. The van der Waals surface area contributed by atoms with E-state index in [9.17, 15) is 9.59 Å². The molecule has 1 heterocycles. The van der Waals surface area contributed by atoms with Crippen LogP contribution in [0.5, 0.6) is 0 Å². The smallest absolute Gasteiger partial charge is 0.416 e. The average molecular weight is 289 g/mol. The van der Waals surface area contributed by atoms with Crippen LogP contribution in [-0.4, -0.2) is 29.5 Å². The van der Waals surface area contributed by atoms with Crippen LogP contribution in [0.25, 0.3) is 0 Å². The van der Waals surface area contributed by atoms with Gasteiger partial charge in [-0.25, -0.2) is 9.69 Å². The van der Waals surface area contributed by atoms with Crippen LogP contribution >= 0.6 is 0 Å². The summed E-state index contributed by atoms with van der Waals surface area (Å²) in [7, 11) is 0. The first kappa shape index (κ1) is 15.5. The zero-order chi connectivity index (χ0) is 15.4. The number of imide groups is 1. The second-order valence-corrected chi connectivity index (χ2v) is 5.89. The van der Waals surface area contributed by atoms with Crippen molar-refractivity contribution >= 4 is 12.0 Å². The zero-order valence-corrected chi connectivity index (χ0v) is 12.9. The molecule has 2 amide bonds. The summed E-state index contributed by atoms with van der Waals surface area (Å²) >= 11 is 0. The molecule has 2 atom stereocenters. The fraction of sp³-hybridized carbons (Fsp3) is 0.529. The molecule has 0 spiro atoms. The zero-order valence-electron chi connectivity index (χ0n) is 12.9. The van der Waals surface area contributed by atoms with Gasteiger partial charge < -0.3 is 4.74 Å². The first-order chi connectivity index (χ1) is 10.0. The van der Waals surface area contributed by atoms with E-state index in [1.54, 1.807) is 0 Å². The first-order valence-electron chi connectivity index (χ1n) is 7.58. The number of carbonyl (C=O) groups excluding carboxylic acids is 2. The Hall–Kier alpha value is -1.84. The molecule has 4 nitrogen and oxygen atoms in total. The molecule has 1 saturated heterocycles. The van der Waals surface area contributed by atoms with Gasteiger partial charge in [-0.1, -0.05) is 51.1 Å². The fourth-order valence-electron chi connectivity index (χ4n) is 2.68. The van der Waals surface area contributed by atoms with Gasteiger partial charge in [0.25, 0.3) is 0 Å². The number of nitrogens with zero attached hydrogens (tertiary/aromatic N) is 1. The molecule has 0 aliphatic carbocycles. The van der Waals surface area contributed by atoms with Crippen molar-refractivity contribution in [3.05, 3.63) is 35.9 Å². The van der Waals surface area contributed by atoms with Crippen LogP contribution in [0, 0.1) is 11.8 Å². The molecule has 1 fully saturated rings. The predicted molar refractivity (Wildman–Crippen MR) is 80.7 cm³/mol. The minimum absolute atomic E-state index is 0.109. The molecular weight excluding hydrogens is 266 g/mol. The fourth-order valence-corrected chi connectivity index (χ4v) is 2.68. The molecule has 2 rings (SSSR count). The highest BCUT2D eigenvalue weighted by Crippen LogP contribution is 2.24. The van der Waals surface area contributed by atoms with Crippen molar-refractivity contribution in [3.8, 4) is 0 Å². The van der Waals surface area contributed by atoms with E-state index in [2.05, 4.69) is 0 Å². The van der Waals surface area contributed by atoms with Crippen molar-refractivity contribution in [1.29, 1.82) is 0 Å². The summed E-state index contributed by atoms with van der Waals surface area (Å²) in [5, 5.41) is 0. The number of hydrogen-bond donors (Lipinski definition) is 0. The van der Waals surface area contributed by atoms with Crippen molar-refractivity contribution in [2.24, 2.45) is 11.8 Å². The van der Waals surface area contributed by atoms with E-state index in [0.717, 1.165) is 5.56 Å². The molecule has 1 aliphatic rings. The van der Waals surface area contributed by atoms with Crippen LogP contribution in [0.15, 0.2) is 30.3 Å². The third-order valence-electron chi connectivity index (χ3n) is 4.08. The molecule has 21 heavy (non-hydrogen) atoms. The number of amides is 2. The van der Waals surface area contributed by atoms with Crippen molar-refractivity contribution in [1.82, 2.24) is 4.90 Å². The topological polar surface area (TPSA) is 46.6 Å². The van der Waals surface area contributed by atoms with Gasteiger partial charge in [0.1, 0.15) is 6.61 Å². The second kappa shape index (κ2) is 6.74. The third kappa shape index (κ3) is 3.43. The van der Waals surface area contributed by atoms with Crippen LogP contribution in [0.2, 0.25) is 0 Å². The molecule has 1 aromatic carbocycles. The van der Waals surface area contributed by atoms with Crippen molar-refractivity contribution in [2.45, 2.75) is 39.7 Å². The predicted octanol–water partition coefficient (Wildman–Crippen LogP) is 3.26. The highest BCUT2D eigenvalue weighted by Gasteiger charge is 2.41. The summed E-state index contributed by atoms with van der Waals surface area (Å²) in [5.74, 6) is -0.0866. The lowest BCUT2D eigenvalue weighted by molar-refractivity contribution is -0.134. The van der Waals surface area contributed by atoms with Gasteiger partial charge in [0.15, 0.2) is 0 Å². The van der Waals surface area contributed by atoms with Crippen LogP contribution in [-0.2, 0) is 16.0 Å². The molecule has 114 valence electrons. The number of carbonyl (C=O) groups is 2. The minimum atomic E-state index is -0.495. The maximum absolute atomic E-state index is 12.7. The highest BCUT2D eigenvalue weighted by atomic mass is 16.6. The molecule has 0 bridgehead atoms. The van der Waals surface area contributed by atoms with Crippen molar-refractivity contribution < 1.29 is 14.3 Å². The standard InChI is InChI=1S/C17H23NO3/c1-4-14(10-13-8-6-5-7-9-13)16(19)18-15(12(2)3)11-21-17(18)20/h5-9,12,14-15H,4,10-11H2,1-3H3/t14-,15+/m0/s1. The third-order valence-corrected chi connectivity index (χ3v) is 4.08. The van der Waals surface area contributed by atoms with Gasteiger partial charge in [-0.2, -0.15) is 0 Å². The molecule has 4 heteroatoms. The normalized spacial score (nSPS) is 19.7. The van der Waals surface area contributed by atoms with E-state index in [1.165, 1.54) is 4.90 Å². The second-order valence-electron chi connectivity index (χ2n) is 5.89. The molecule has 0 N–H and O–H groups in total. The van der Waals surface area contributed by atoms with Gasteiger partial charge in [-0.3, -0.25) is 4.79 Å². The van der Waals surface area contributed by atoms with Gasteiger partial charge in [0.2, 0.25) is 5.91 Å². The molecular formula is C17H23NO3. The summed E-state index contributed by atoms with van der Waals surface area (Å²) in [5.41, 5.74) is 1.12. The Balaban J connectivity index is 2.13. The Labute approximate surface area is 126 Å². The molecule has 0 aromatic heterocycles. The van der Waals surface area contributed by atoms with Gasteiger partial charge in [-0.15, -0.1) is 0 Å².